The normalized spacial score (nSPS) is 14.3. The van der Waals surface area contributed by atoms with E-state index in [1.807, 2.05) is 41.5 Å². The number of halogens is 3. The van der Waals surface area contributed by atoms with E-state index in [9.17, 15) is 18.3 Å². The van der Waals surface area contributed by atoms with Crippen LogP contribution in [0.15, 0.2) is 47.4 Å². The molecule has 0 radical (unpaired) electrons. The van der Waals surface area contributed by atoms with Crippen LogP contribution in [0.3, 0.4) is 0 Å². The SMILES string of the molecule is CC(C)(C)c1cc(SC(c2ccccc2)C(F)(F)F)cc(C(C)(C)C)c1O. The molecule has 1 unspecified atom stereocenters. The molecule has 0 spiro atoms. The van der Waals surface area contributed by atoms with Crippen molar-refractivity contribution < 1.29 is 18.3 Å². The number of thioether (sulfide) groups is 1. The number of hydrogen-bond acceptors (Lipinski definition) is 2. The summed E-state index contributed by atoms with van der Waals surface area (Å²) in [5.41, 5.74) is 0.762. The van der Waals surface area contributed by atoms with E-state index in [1.165, 1.54) is 12.1 Å². The maximum atomic E-state index is 13.8. The van der Waals surface area contributed by atoms with Crippen LogP contribution in [-0.4, -0.2) is 11.3 Å². The van der Waals surface area contributed by atoms with Gasteiger partial charge >= 0.3 is 6.18 Å². The van der Waals surface area contributed by atoms with Gasteiger partial charge in [-0.1, -0.05) is 71.9 Å². The van der Waals surface area contributed by atoms with Gasteiger partial charge in [0.15, 0.2) is 0 Å². The Kier molecular flexibility index (Phi) is 5.96. The standard InChI is InChI=1S/C22H27F3OS/c1-20(2,3)16-12-15(13-17(18(16)26)21(4,5)6)27-19(22(23,24)25)14-10-8-7-9-11-14/h7-13,19,26H,1-6H3. The molecule has 1 nitrogen and oxygen atoms in total. The molecule has 1 atom stereocenters. The lowest BCUT2D eigenvalue weighted by Gasteiger charge is -2.29. The quantitative estimate of drug-likeness (QED) is 0.546. The third-order valence-corrected chi connectivity index (χ3v) is 5.64. The highest BCUT2D eigenvalue weighted by atomic mass is 32.2. The van der Waals surface area contributed by atoms with Gasteiger partial charge in [0.25, 0.3) is 0 Å². The minimum Gasteiger partial charge on any atom is -0.507 e. The van der Waals surface area contributed by atoms with Crippen LogP contribution in [0.25, 0.3) is 0 Å². The number of benzene rings is 2. The van der Waals surface area contributed by atoms with Gasteiger partial charge in [-0.25, -0.2) is 0 Å². The Balaban J connectivity index is 2.60. The summed E-state index contributed by atoms with van der Waals surface area (Å²) in [5, 5.41) is 9.10. The minimum atomic E-state index is -4.38. The molecule has 0 saturated carbocycles. The summed E-state index contributed by atoms with van der Waals surface area (Å²) in [6.45, 7) is 11.7. The zero-order chi connectivity index (χ0) is 20.6. The molecule has 0 aliphatic carbocycles. The van der Waals surface area contributed by atoms with Crippen molar-refractivity contribution in [2.45, 2.75) is 68.7 Å². The first-order chi connectivity index (χ1) is 12.2. The fraction of sp³-hybridized carbons (Fsp3) is 0.455. The lowest BCUT2D eigenvalue weighted by Crippen LogP contribution is -2.19. The summed E-state index contributed by atoms with van der Waals surface area (Å²) in [4.78, 5) is 0.508. The average Bonchev–Trinajstić information content (AvgIpc) is 2.51. The van der Waals surface area contributed by atoms with Gasteiger partial charge in [-0.3, -0.25) is 0 Å². The van der Waals surface area contributed by atoms with Crippen LogP contribution in [0.1, 0.15) is 63.5 Å². The molecule has 5 heteroatoms. The van der Waals surface area contributed by atoms with E-state index in [0.717, 1.165) is 11.8 Å². The number of hydrogen-bond donors (Lipinski definition) is 1. The lowest BCUT2D eigenvalue weighted by molar-refractivity contribution is -0.129. The van der Waals surface area contributed by atoms with E-state index in [-0.39, 0.29) is 22.1 Å². The molecular formula is C22H27F3OS. The van der Waals surface area contributed by atoms with E-state index in [2.05, 4.69) is 0 Å². The summed E-state index contributed by atoms with van der Waals surface area (Å²) in [6, 6.07) is 11.3. The van der Waals surface area contributed by atoms with Crippen molar-refractivity contribution in [3.8, 4) is 5.75 Å². The smallest absolute Gasteiger partial charge is 0.404 e. The fourth-order valence-electron chi connectivity index (χ4n) is 2.91. The first kappa shape index (κ1) is 21.7. The Hall–Kier alpha value is -1.62. The summed E-state index contributed by atoms with van der Waals surface area (Å²) in [5.74, 6) is 0.169. The van der Waals surface area contributed by atoms with Gasteiger partial charge < -0.3 is 5.11 Å². The molecule has 2 aromatic rings. The average molecular weight is 397 g/mol. The van der Waals surface area contributed by atoms with Crippen molar-refractivity contribution >= 4 is 11.8 Å². The predicted molar refractivity (Wildman–Crippen MR) is 107 cm³/mol. The second kappa shape index (κ2) is 7.42. The number of alkyl halides is 3. The third-order valence-electron chi connectivity index (χ3n) is 4.35. The summed E-state index contributed by atoms with van der Waals surface area (Å²) in [7, 11) is 0. The van der Waals surface area contributed by atoms with E-state index < -0.39 is 11.4 Å². The van der Waals surface area contributed by atoms with Crippen molar-refractivity contribution in [1.29, 1.82) is 0 Å². The van der Waals surface area contributed by atoms with E-state index in [4.69, 9.17) is 0 Å². The molecule has 0 aliphatic heterocycles. The van der Waals surface area contributed by atoms with Crippen molar-refractivity contribution in [3.63, 3.8) is 0 Å². The topological polar surface area (TPSA) is 20.2 Å². The van der Waals surface area contributed by atoms with E-state index in [1.54, 1.807) is 30.3 Å². The van der Waals surface area contributed by atoms with Crippen molar-refractivity contribution in [3.05, 3.63) is 59.2 Å². The lowest BCUT2D eigenvalue weighted by atomic mass is 9.79. The molecule has 148 valence electrons. The molecule has 0 fully saturated rings. The molecular weight excluding hydrogens is 369 g/mol. The zero-order valence-corrected chi connectivity index (χ0v) is 17.4. The second-order valence-corrected chi connectivity index (χ2v) is 10.00. The van der Waals surface area contributed by atoms with Gasteiger partial charge in [0.2, 0.25) is 0 Å². The van der Waals surface area contributed by atoms with Crippen LogP contribution in [0, 0.1) is 0 Å². The maximum Gasteiger partial charge on any atom is 0.404 e. The molecule has 0 aromatic heterocycles. The highest BCUT2D eigenvalue weighted by Gasteiger charge is 2.42. The van der Waals surface area contributed by atoms with Gasteiger partial charge in [0.1, 0.15) is 11.0 Å². The van der Waals surface area contributed by atoms with Gasteiger partial charge in [-0.15, -0.1) is 11.8 Å². The summed E-state index contributed by atoms with van der Waals surface area (Å²) < 4.78 is 41.3. The zero-order valence-electron chi connectivity index (χ0n) is 16.6. The van der Waals surface area contributed by atoms with Crippen LogP contribution in [0.2, 0.25) is 0 Å². The van der Waals surface area contributed by atoms with Gasteiger partial charge in [-0.2, -0.15) is 13.2 Å². The Morgan fingerprint density at radius 2 is 1.26 bits per heavy atom. The van der Waals surface area contributed by atoms with E-state index >= 15 is 0 Å². The molecule has 1 N–H and O–H groups in total. The second-order valence-electron chi connectivity index (χ2n) is 8.82. The molecule has 0 bridgehead atoms. The highest BCUT2D eigenvalue weighted by molar-refractivity contribution is 7.99. The van der Waals surface area contributed by atoms with Gasteiger partial charge in [0, 0.05) is 16.0 Å². The summed E-state index contributed by atoms with van der Waals surface area (Å²) in [6.07, 6.45) is -4.38. The van der Waals surface area contributed by atoms with Crippen LogP contribution < -0.4 is 0 Å². The fourth-order valence-corrected chi connectivity index (χ4v) is 3.98. The molecule has 0 aliphatic rings. The highest BCUT2D eigenvalue weighted by Crippen LogP contribution is 2.49. The van der Waals surface area contributed by atoms with Crippen LogP contribution in [0.5, 0.6) is 5.75 Å². The van der Waals surface area contributed by atoms with Crippen LogP contribution >= 0.6 is 11.8 Å². The Bertz CT molecular complexity index is 749. The van der Waals surface area contributed by atoms with E-state index in [0.29, 0.717) is 16.0 Å². The maximum absolute atomic E-state index is 13.8. The van der Waals surface area contributed by atoms with Crippen molar-refractivity contribution in [2.75, 3.05) is 0 Å². The first-order valence-electron chi connectivity index (χ1n) is 8.87. The Morgan fingerprint density at radius 1 is 0.815 bits per heavy atom. The van der Waals surface area contributed by atoms with Crippen LogP contribution in [0.4, 0.5) is 13.2 Å². The number of rotatable bonds is 3. The minimum absolute atomic E-state index is 0.169. The number of phenols is 1. The molecule has 27 heavy (non-hydrogen) atoms. The van der Waals surface area contributed by atoms with Crippen LogP contribution in [-0.2, 0) is 10.8 Å². The predicted octanol–water partition coefficient (Wildman–Crippen LogP) is 7.38. The Labute approximate surface area is 164 Å². The monoisotopic (exact) mass is 396 g/mol. The molecule has 0 amide bonds. The van der Waals surface area contributed by atoms with Crippen molar-refractivity contribution in [2.24, 2.45) is 0 Å². The number of phenolic OH excluding ortho intramolecular Hbond substituents is 1. The largest absolute Gasteiger partial charge is 0.507 e. The number of aromatic hydroxyl groups is 1. The molecule has 0 heterocycles. The molecule has 2 aromatic carbocycles. The summed E-state index contributed by atoms with van der Waals surface area (Å²) >= 11 is 0.782. The third kappa shape index (κ3) is 5.22. The van der Waals surface area contributed by atoms with Gasteiger partial charge in [0.05, 0.1) is 0 Å². The Morgan fingerprint density at radius 3 is 1.63 bits per heavy atom. The molecule has 2 rings (SSSR count). The van der Waals surface area contributed by atoms with Crippen molar-refractivity contribution in [1.82, 2.24) is 0 Å². The van der Waals surface area contributed by atoms with Gasteiger partial charge in [-0.05, 0) is 28.5 Å². The first-order valence-corrected chi connectivity index (χ1v) is 9.75. The molecule has 0 saturated heterocycles.